The highest BCUT2D eigenvalue weighted by molar-refractivity contribution is 5.96. The van der Waals surface area contributed by atoms with E-state index < -0.39 is 29.9 Å². The molecule has 154 valence electrons. The topological polar surface area (TPSA) is 78.5 Å². The van der Waals surface area contributed by atoms with Crippen LogP contribution in [0.5, 0.6) is 0 Å². The van der Waals surface area contributed by atoms with Crippen LogP contribution in [0.4, 0.5) is 23.2 Å². The van der Waals surface area contributed by atoms with Crippen molar-refractivity contribution in [3.63, 3.8) is 0 Å². The molecule has 3 amide bonds. The Labute approximate surface area is 163 Å². The highest BCUT2D eigenvalue weighted by Gasteiger charge is 2.19. The molecular formula is C19H17F4N3O3. The van der Waals surface area contributed by atoms with Crippen molar-refractivity contribution in [1.29, 1.82) is 0 Å². The summed E-state index contributed by atoms with van der Waals surface area (Å²) < 4.78 is 52.2. The van der Waals surface area contributed by atoms with Gasteiger partial charge in [0.2, 0.25) is 5.91 Å². The van der Waals surface area contributed by atoms with Crippen LogP contribution in [0.25, 0.3) is 0 Å². The predicted molar refractivity (Wildman–Crippen MR) is 95.9 cm³/mol. The van der Waals surface area contributed by atoms with Gasteiger partial charge in [-0.05, 0) is 30.3 Å². The average molecular weight is 411 g/mol. The van der Waals surface area contributed by atoms with E-state index in [4.69, 9.17) is 0 Å². The van der Waals surface area contributed by atoms with Crippen LogP contribution in [0.2, 0.25) is 0 Å². The van der Waals surface area contributed by atoms with Crippen LogP contribution < -0.4 is 15.8 Å². The van der Waals surface area contributed by atoms with Gasteiger partial charge in [0.1, 0.15) is 11.6 Å². The number of nitrogens with zero attached hydrogens (tertiary/aromatic N) is 1. The van der Waals surface area contributed by atoms with Gasteiger partial charge in [0.05, 0.1) is 6.54 Å². The van der Waals surface area contributed by atoms with Crippen molar-refractivity contribution >= 4 is 23.4 Å². The number of halogens is 4. The third-order valence-corrected chi connectivity index (χ3v) is 3.86. The maximum atomic E-state index is 14.5. The Morgan fingerprint density at radius 2 is 1.76 bits per heavy atom. The summed E-state index contributed by atoms with van der Waals surface area (Å²) >= 11 is 0. The van der Waals surface area contributed by atoms with Crippen LogP contribution in [0, 0.1) is 11.6 Å². The van der Waals surface area contributed by atoms with Gasteiger partial charge in [0.25, 0.3) is 5.91 Å². The predicted octanol–water partition coefficient (Wildman–Crippen LogP) is 2.93. The number of hydrogen-bond donors (Lipinski definition) is 2. The van der Waals surface area contributed by atoms with Crippen molar-refractivity contribution < 1.29 is 31.9 Å². The molecule has 2 rings (SSSR count). The molecule has 0 unspecified atom stereocenters. The van der Waals surface area contributed by atoms with E-state index in [-0.39, 0.29) is 35.7 Å². The summed E-state index contributed by atoms with van der Waals surface area (Å²) in [4.78, 5) is 36.0. The number of amides is 3. The second-order valence-electron chi connectivity index (χ2n) is 5.86. The number of hydrazine groups is 1. The van der Waals surface area contributed by atoms with Gasteiger partial charge in [-0.3, -0.25) is 25.2 Å². The Morgan fingerprint density at radius 3 is 2.34 bits per heavy atom. The molecule has 0 fully saturated rings. The van der Waals surface area contributed by atoms with Crippen LogP contribution >= 0.6 is 0 Å². The molecule has 0 radical (unpaired) electrons. The first-order valence-electron chi connectivity index (χ1n) is 8.45. The summed E-state index contributed by atoms with van der Waals surface area (Å²) in [6, 6.07) is 8.52. The first kappa shape index (κ1) is 21.9. The SMILES string of the molecule is CCC(=O)N(Cc1ccc(C(=O)NNC(=O)C(F)F)cc1F)c1cccc(F)c1. The van der Waals surface area contributed by atoms with Crippen molar-refractivity contribution in [1.82, 2.24) is 10.9 Å². The molecule has 29 heavy (non-hydrogen) atoms. The minimum atomic E-state index is -3.32. The van der Waals surface area contributed by atoms with Crippen LogP contribution in [-0.4, -0.2) is 24.1 Å². The molecule has 2 aromatic rings. The molecule has 0 aliphatic rings. The third-order valence-electron chi connectivity index (χ3n) is 3.86. The second kappa shape index (κ2) is 9.67. The number of anilines is 1. The van der Waals surface area contributed by atoms with Crippen molar-refractivity contribution in [2.75, 3.05) is 4.90 Å². The number of alkyl halides is 2. The molecule has 0 spiro atoms. The van der Waals surface area contributed by atoms with E-state index in [0.29, 0.717) is 0 Å². The molecule has 0 bridgehead atoms. The lowest BCUT2D eigenvalue weighted by Gasteiger charge is -2.23. The summed E-state index contributed by atoms with van der Waals surface area (Å²) in [5.74, 6) is -4.49. The van der Waals surface area contributed by atoms with Crippen molar-refractivity contribution in [3.8, 4) is 0 Å². The van der Waals surface area contributed by atoms with Gasteiger partial charge in [-0.1, -0.05) is 19.1 Å². The van der Waals surface area contributed by atoms with Crippen LogP contribution in [0.15, 0.2) is 42.5 Å². The van der Waals surface area contributed by atoms with Gasteiger partial charge in [0.15, 0.2) is 0 Å². The highest BCUT2D eigenvalue weighted by Crippen LogP contribution is 2.21. The number of carbonyl (C=O) groups is 3. The van der Waals surface area contributed by atoms with E-state index in [2.05, 4.69) is 0 Å². The average Bonchev–Trinajstić information content (AvgIpc) is 2.70. The minimum absolute atomic E-state index is 0.0456. The standard InChI is InChI=1S/C19H17F4N3O3/c1-2-16(27)26(14-5-3-4-13(20)9-14)10-12-7-6-11(8-15(12)21)18(28)24-25-19(29)17(22)23/h3-9,17H,2,10H2,1H3,(H,24,28)(H,25,29). The molecule has 0 atom stereocenters. The van der Waals surface area contributed by atoms with Gasteiger partial charge in [0, 0.05) is 23.2 Å². The first-order chi connectivity index (χ1) is 13.7. The van der Waals surface area contributed by atoms with Crippen LogP contribution in [0.1, 0.15) is 29.3 Å². The van der Waals surface area contributed by atoms with Gasteiger partial charge in [-0.15, -0.1) is 0 Å². The molecule has 0 aliphatic heterocycles. The molecule has 0 heterocycles. The molecule has 10 heteroatoms. The fourth-order valence-corrected chi connectivity index (χ4v) is 2.39. The highest BCUT2D eigenvalue weighted by atomic mass is 19.3. The number of rotatable bonds is 6. The maximum Gasteiger partial charge on any atom is 0.317 e. The largest absolute Gasteiger partial charge is 0.317 e. The molecule has 6 nitrogen and oxygen atoms in total. The number of hydrogen-bond acceptors (Lipinski definition) is 3. The fourth-order valence-electron chi connectivity index (χ4n) is 2.39. The molecule has 2 N–H and O–H groups in total. The lowest BCUT2D eigenvalue weighted by molar-refractivity contribution is -0.132. The molecule has 2 aromatic carbocycles. The monoisotopic (exact) mass is 411 g/mol. The Bertz CT molecular complexity index is 921. The Morgan fingerprint density at radius 1 is 1.03 bits per heavy atom. The fraction of sp³-hybridized carbons (Fsp3) is 0.211. The first-order valence-corrected chi connectivity index (χ1v) is 8.45. The third kappa shape index (κ3) is 5.77. The van der Waals surface area contributed by atoms with E-state index >= 15 is 0 Å². The summed E-state index contributed by atoms with van der Waals surface area (Å²) in [5, 5.41) is 0. The molecule has 0 aromatic heterocycles. The molecular weight excluding hydrogens is 394 g/mol. The van der Waals surface area contributed by atoms with Crippen molar-refractivity contribution in [2.24, 2.45) is 0 Å². The van der Waals surface area contributed by atoms with Crippen LogP contribution in [0.3, 0.4) is 0 Å². The zero-order valence-corrected chi connectivity index (χ0v) is 15.2. The Balaban J connectivity index is 2.18. The lowest BCUT2D eigenvalue weighted by Crippen LogP contribution is -2.44. The number of carbonyl (C=O) groups excluding carboxylic acids is 3. The van der Waals surface area contributed by atoms with Gasteiger partial charge in [-0.25, -0.2) is 8.78 Å². The molecule has 0 saturated heterocycles. The summed E-state index contributed by atoms with van der Waals surface area (Å²) in [5.41, 5.74) is 3.28. The van der Waals surface area contributed by atoms with Gasteiger partial charge < -0.3 is 4.90 Å². The Hall–Kier alpha value is -3.43. The molecule has 0 aliphatic carbocycles. The zero-order valence-electron chi connectivity index (χ0n) is 15.2. The van der Waals surface area contributed by atoms with Crippen molar-refractivity contribution in [2.45, 2.75) is 26.3 Å². The normalized spacial score (nSPS) is 10.6. The summed E-state index contributed by atoms with van der Waals surface area (Å²) in [6.07, 6.45) is -3.22. The van der Waals surface area contributed by atoms with E-state index in [1.165, 1.54) is 40.7 Å². The van der Waals surface area contributed by atoms with Crippen molar-refractivity contribution in [3.05, 3.63) is 65.2 Å². The van der Waals surface area contributed by atoms with E-state index in [0.717, 1.165) is 12.1 Å². The number of benzene rings is 2. The lowest BCUT2D eigenvalue weighted by atomic mass is 10.1. The smallest absolute Gasteiger partial charge is 0.308 e. The maximum absolute atomic E-state index is 14.5. The van der Waals surface area contributed by atoms with E-state index in [9.17, 15) is 31.9 Å². The minimum Gasteiger partial charge on any atom is -0.308 e. The van der Waals surface area contributed by atoms with Gasteiger partial charge >= 0.3 is 12.3 Å². The quantitative estimate of drug-likeness (QED) is 0.567. The summed E-state index contributed by atoms with van der Waals surface area (Å²) in [6.45, 7) is 1.39. The van der Waals surface area contributed by atoms with Crippen LogP contribution in [-0.2, 0) is 16.1 Å². The summed E-state index contributed by atoms with van der Waals surface area (Å²) in [7, 11) is 0. The number of nitrogens with one attached hydrogen (secondary N) is 2. The zero-order chi connectivity index (χ0) is 21.6. The second-order valence-corrected chi connectivity index (χ2v) is 5.86. The molecule has 0 saturated carbocycles. The van der Waals surface area contributed by atoms with Gasteiger partial charge in [-0.2, -0.15) is 8.78 Å². The Kier molecular flexibility index (Phi) is 7.29. The van der Waals surface area contributed by atoms with E-state index in [1.807, 2.05) is 0 Å². The van der Waals surface area contributed by atoms with E-state index in [1.54, 1.807) is 12.3 Å².